The number of benzene rings is 1. The summed E-state index contributed by atoms with van der Waals surface area (Å²) in [6.45, 7) is 6.37. The first-order chi connectivity index (χ1) is 12.1. The number of thiophene rings is 1. The van der Waals surface area contributed by atoms with Crippen molar-refractivity contribution in [3.8, 4) is 10.4 Å². The van der Waals surface area contributed by atoms with E-state index in [1.165, 1.54) is 11.3 Å². The fourth-order valence-electron chi connectivity index (χ4n) is 2.41. The highest BCUT2D eigenvalue weighted by molar-refractivity contribution is 7.80. The first-order valence-corrected chi connectivity index (χ1v) is 9.75. The zero-order valence-corrected chi connectivity index (χ0v) is 16.4. The summed E-state index contributed by atoms with van der Waals surface area (Å²) in [5.41, 5.74) is 1.57. The number of anilines is 1. The molecular formula is C19H24N2O2S2. The van der Waals surface area contributed by atoms with Crippen molar-refractivity contribution in [2.24, 2.45) is 0 Å². The lowest BCUT2D eigenvalue weighted by atomic mass is 10.1. The number of carbonyl (C=O) groups excluding carboxylic acids is 1. The lowest BCUT2D eigenvalue weighted by molar-refractivity contribution is 0.0528. The Morgan fingerprint density at radius 3 is 2.48 bits per heavy atom. The van der Waals surface area contributed by atoms with E-state index in [1.807, 2.05) is 36.4 Å². The van der Waals surface area contributed by atoms with Crippen molar-refractivity contribution in [3.63, 3.8) is 0 Å². The molecule has 2 aromatic rings. The third-order valence-corrected chi connectivity index (χ3v) is 5.15. The van der Waals surface area contributed by atoms with Gasteiger partial charge in [-0.3, -0.25) is 0 Å². The molecule has 4 nitrogen and oxygen atoms in total. The average molecular weight is 377 g/mol. The van der Waals surface area contributed by atoms with E-state index in [9.17, 15) is 4.79 Å². The normalized spacial score (nSPS) is 10.6. The van der Waals surface area contributed by atoms with Crippen LogP contribution in [0.3, 0.4) is 0 Å². The first kappa shape index (κ1) is 19.4. The molecule has 0 radical (unpaired) electrons. The van der Waals surface area contributed by atoms with Gasteiger partial charge in [-0.1, -0.05) is 44.2 Å². The van der Waals surface area contributed by atoms with Crippen LogP contribution in [-0.4, -0.2) is 23.7 Å². The highest BCUT2D eigenvalue weighted by Crippen LogP contribution is 2.35. The zero-order valence-electron chi connectivity index (χ0n) is 14.8. The molecule has 1 aromatic heterocycles. The van der Waals surface area contributed by atoms with Gasteiger partial charge in [0.25, 0.3) is 0 Å². The summed E-state index contributed by atoms with van der Waals surface area (Å²) in [4.78, 5) is 13.3. The lowest BCUT2D eigenvalue weighted by Gasteiger charge is -2.17. The summed E-state index contributed by atoms with van der Waals surface area (Å²) < 4.78 is 5.19. The maximum Gasteiger partial charge on any atom is 0.341 e. The molecule has 0 spiro atoms. The molecule has 0 atom stereocenters. The van der Waals surface area contributed by atoms with Gasteiger partial charge in [0.05, 0.1) is 12.2 Å². The van der Waals surface area contributed by atoms with Crippen LogP contribution in [0.1, 0.15) is 44.0 Å². The van der Waals surface area contributed by atoms with Crippen molar-refractivity contribution >= 4 is 39.6 Å². The zero-order chi connectivity index (χ0) is 18.2. The molecule has 1 heterocycles. The van der Waals surface area contributed by atoms with Crippen molar-refractivity contribution < 1.29 is 9.53 Å². The topological polar surface area (TPSA) is 50.4 Å². The molecule has 0 bridgehead atoms. The van der Waals surface area contributed by atoms with Gasteiger partial charge in [0.2, 0.25) is 0 Å². The van der Waals surface area contributed by atoms with E-state index in [4.69, 9.17) is 17.0 Å². The van der Waals surface area contributed by atoms with Crippen LogP contribution in [0.5, 0.6) is 0 Å². The first-order valence-electron chi connectivity index (χ1n) is 8.52. The Morgan fingerprint density at radius 1 is 1.20 bits per heavy atom. The second-order valence-corrected chi connectivity index (χ2v) is 7.01. The van der Waals surface area contributed by atoms with Crippen molar-refractivity contribution in [2.75, 3.05) is 11.9 Å². The van der Waals surface area contributed by atoms with Crippen LogP contribution in [0.25, 0.3) is 10.4 Å². The largest absolute Gasteiger partial charge is 0.462 e. The molecule has 1 aromatic carbocycles. The second-order valence-electron chi connectivity index (χ2n) is 5.55. The SMILES string of the molecule is CCOC(=O)c1cc(-c2ccccc2)sc1NC(=S)NC(CC)CC. The predicted octanol–water partition coefficient (Wildman–Crippen LogP) is 5.07. The van der Waals surface area contributed by atoms with Crippen LogP contribution in [0, 0.1) is 0 Å². The Hall–Kier alpha value is -1.92. The second kappa shape index (κ2) is 9.53. The molecule has 0 saturated carbocycles. The lowest BCUT2D eigenvalue weighted by Crippen LogP contribution is -2.37. The van der Waals surface area contributed by atoms with E-state index in [0.717, 1.165) is 23.3 Å². The number of hydrogen-bond acceptors (Lipinski definition) is 4. The van der Waals surface area contributed by atoms with Crippen molar-refractivity contribution in [1.29, 1.82) is 0 Å². The van der Waals surface area contributed by atoms with Gasteiger partial charge in [0.1, 0.15) is 5.00 Å². The summed E-state index contributed by atoms with van der Waals surface area (Å²) in [7, 11) is 0. The number of esters is 1. The predicted molar refractivity (Wildman–Crippen MR) is 109 cm³/mol. The van der Waals surface area contributed by atoms with Crippen LogP contribution in [0.15, 0.2) is 36.4 Å². The maximum absolute atomic E-state index is 12.3. The standard InChI is InChI=1S/C19H24N2O2S2/c1-4-14(5-2)20-19(24)21-17-15(18(22)23-6-3)12-16(25-17)13-10-8-7-9-11-13/h7-12,14H,4-6H2,1-3H3,(H2,20,21,24). The van der Waals surface area contributed by atoms with E-state index in [1.54, 1.807) is 6.92 Å². The van der Waals surface area contributed by atoms with Crippen molar-refractivity contribution in [3.05, 3.63) is 42.0 Å². The minimum absolute atomic E-state index is 0.319. The number of carbonyl (C=O) groups is 1. The van der Waals surface area contributed by atoms with E-state index in [-0.39, 0.29) is 5.97 Å². The Balaban J connectivity index is 2.26. The molecule has 6 heteroatoms. The Kier molecular flexibility index (Phi) is 7.40. The number of nitrogens with one attached hydrogen (secondary N) is 2. The maximum atomic E-state index is 12.3. The van der Waals surface area contributed by atoms with Crippen LogP contribution in [-0.2, 0) is 4.74 Å². The number of ether oxygens (including phenoxy) is 1. The summed E-state index contributed by atoms with van der Waals surface area (Å²) in [6.07, 6.45) is 1.98. The molecule has 0 fully saturated rings. The third kappa shape index (κ3) is 5.28. The molecule has 2 rings (SSSR count). The highest BCUT2D eigenvalue weighted by Gasteiger charge is 2.19. The molecule has 0 aliphatic heterocycles. The summed E-state index contributed by atoms with van der Waals surface area (Å²) in [5, 5.41) is 7.70. The monoisotopic (exact) mass is 376 g/mol. The molecule has 2 N–H and O–H groups in total. The van der Waals surface area contributed by atoms with Crippen molar-refractivity contribution in [2.45, 2.75) is 39.7 Å². The number of thiocarbonyl (C=S) groups is 1. The molecule has 0 aliphatic carbocycles. The smallest absolute Gasteiger partial charge is 0.341 e. The molecule has 134 valence electrons. The average Bonchev–Trinajstić information content (AvgIpc) is 3.04. The molecule has 0 aliphatic rings. The quantitative estimate of drug-likeness (QED) is 0.522. The van der Waals surface area contributed by atoms with E-state index >= 15 is 0 Å². The van der Waals surface area contributed by atoms with Gasteiger partial charge in [-0.05, 0) is 43.6 Å². The van der Waals surface area contributed by atoms with E-state index in [2.05, 4.69) is 24.5 Å². The highest BCUT2D eigenvalue weighted by atomic mass is 32.1. The van der Waals surface area contributed by atoms with E-state index in [0.29, 0.717) is 28.3 Å². The van der Waals surface area contributed by atoms with Gasteiger partial charge in [-0.2, -0.15) is 0 Å². The van der Waals surface area contributed by atoms with Gasteiger partial charge in [0.15, 0.2) is 5.11 Å². The fourth-order valence-corrected chi connectivity index (χ4v) is 3.80. The van der Waals surface area contributed by atoms with Gasteiger partial charge in [-0.15, -0.1) is 11.3 Å². The van der Waals surface area contributed by atoms with Crippen LogP contribution < -0.4 is 10.6 Å². The molecule has 0 amide bonds. The van der Waals surface area contributed by atoms with Gasteiger partial charge >= 0.3 is 5.97 Å². The minimum Gasteiger partial charge on any atom is -0.462 e. The van der Waals surface area contributed by atoms with Gasteiger partial charge in [0, 0.05) is 10.9 Å². The Bertz CT molecular complexity index is 709. The van der Waals surface area contributed by atoms with E-state index < -0.39 is 0 Å². The van der Waals surface area contributed by atoms with Gasteiger partial charge in [-0.25, -0.2) is 4.79 Å². The summed E-state index contributed by atoms with van der Waals surface area (Å²) >= 11 is 6.91. The number of hydrogen-bond donors (Lipinski definition) is 2. The Labute approximate surface area is 158 Å². The van der Waals surface area contributed by atoms with Crippen LogP contribution >= 0.6 is 23.6 Å². The van der Waals surface area contributed by atoms with Crippen LogP contribution in [0.2, 0.25) is 0 Å². The summed E-state index contributed by atoms with van der Waals surface area (Å²) in [6, 6.07) is 12.1. The fraction of sp³-hybridized carbons (Fsp3) is 0.368. The molecular weight excluding hydrogens is 352 g/mol. The summed E-state index contributed by atoms with van der Waals surface area (Å²) in [5.74, 6) is -0.339. The van der Waals surface area contributed by atoms with Crippen LogP contribution in [0.4, 0.5) is 5.00 Å². The van der Waals surface area contributed by atoms with Gasteiger partial charge < -0.3 is 15.4 Å². The van der Waals surface area contributed by atoms with Crippen molar-refractivity contribution in [1.82, 2.24) is 5.32 Å². The Morgan fingerprint density at radius 2 is 1.88 bits per heavy atom. The third-order valence-electron chi connectivity index (χ3n) is 3.83. The minimum atomic E-state index is -0.339. The molecule has 0 unspecified atom stereocenters. The number of rotatable bonds is 7. The molecule has 25 heavy (non-hydrogen) atoms. The molecule has 0 saturated heterocycles.